The maximum absolute atomic E-state index is 12.2. The Morgan fingerprint density at radius 3 is 2.67 bits per heavy atom. The second kappa shape index (κ2) is 5.40. The molecule has 2 aromatic rings. The number of rotatable bonds is 2. The summed E-state index contributed by atoms with van der Waals surface area (Å²) in [6.07, 6.45) is 1.67. The van der Waals surface area contributed by atoms with Crippen molar-refractivity contribution in [2.45, 2.75) is 18.9 Å². The molecule has 0 radical (unpaired) electrons. The summed E-state index contributed by atoms with van der Waals surface area (Å²) in [7, 11) is 0. The van der Waals surface area contributed by atoms with Crippen LogP contribution >= 0.6 is 11.8 Å². The average molecular weight is 306 g/mol. The molecule has 1 aliphatic heterocycles. The van der Waals surface area contributed by atoms with Gasteiger partial charge in [-0.2, -0.15) is 11.8 Å². The number of nitrogens with one attached hydrogen (secondary N) is 1. The third kappa shape index (κ3) is 2.49. The molecule has 1 fully saturated rings. The van der Waals surface area contributed by atoms with Gasteiger partial charge in [-0.3, -0.25) is 14.2 Å². The Balaban J connectivity index is 2.26. The molecule has 7 heteroatoms. The van der Waals surface area contributed by atoms with Gasteiger partial charge in [-0.1, -0.05) is 0 Å². The Morgan fingerprint density at radius 2 is 2.00 bits per heavy atom. The zero-order valence-corrected chi connectivity index (χ0v) is 12.0. The van der Waals surface area contributed by atoms with E-state index in [1.54, 1.807) is 6.07 Å². The number of hydrogen-bond acceptors (Lipinski definition) is 4. The minimum atomic E-state index is -1.07. The number of benzene rings is 1. The Kier molecular flexibility index (Phi) is 3.59. The van der Waals surface area contributed by atoms with Gasteiger partial charge in [0.1, 0.15) is 0 Å². The number of carboxylic acids is 1. The van der Waals surface area contributed by atoms with E-state index in [0.717, 1.165) is 24.3 Å². The van der Waals surface area contributed by atoms with Gasteiger partial charge in [0.15, 0.2) is 0 Å². The summed E-state index contributed by atoms with van der Waals surface area (Å²) < 4.78 is 1.53. The number of aromatic nitrogens is 2. The number of thioether (sulfide) groups is 1. The first-order valence-electron chi connectivity index (χ1n) is 6.67. The van der Waals surface area contributed by atoms with E-state index in [9.17, 15) is 14.4 Å². The van der Waals surface area contributed by atoms with E-state index in [-0.39, 0.29) is 11.6 Å². The van der Waals surface area contributed by atoms with Crippen LogP contribution in [-0.2, 0) is 0 Å². The van der Waals surface area contributed by atoms with E-state index in [1.165, 1.54) is 16.7 Å². The van der Waals surface area contributed by atoms with Gasteiger partial charge in [0.25, 0.3) is 0 Å². The Bertz CT molecular complexity index is 818. The summed E-state index contributed by atoms with van der Waals surface area (Å²) in [6.45, 7) is 0. The minimum absolute atomic E-state index is 0.000715. The van der Waals surface area contributed by atoms with Crippen LogP contribution in [0.3, 0.4) is 0 Å². The fraction of sp³-hybridized carbons (Fsp3) is 0.357. The molecule has 0 spiro atoms. The molecule has 0 saturated carbocycles. The third-order valence-corrected chi connectivity index (χ3v) is 4.77. The van der Waals surface area contributed by atoms with Gasteiger partial charge in [0, 0.05) is 6.04 Å². The van der Waals surface area contributed by atoms with Crippen LogP contribution in [0.15, 0.2) is 27.8 Å². The van der Waals surface area contributed by atoms with E-state index < -0.39 is 17.1 Å². The van der Waals surface area contributed by atoms with Crippen molar-refractivity contribution in [1.82, 2.24) is 9.55 Å². The summed E-state index contributed by atoms with van der Waals surface area (Å²) >= 11 is 1.84. The van der Waals surface area contributed by atoms with E-state index in [2.05, 4.69) is 4.98 Å². The van der Waals surface area contributed by atoms with Crippen molar-refractivity contribution < 1.29 is 9.90 Å². The molecular weight excluding hydrogens is 292 g/mol. The summed E-state index contributed by atoms with van der Waals surface area (Å²) in [4.78, 5) is 37.5. The smallest absolute Gasteiger partial charge is 0.335 e. The number of aromatic carboxylic acids is 1. The Hall–Kier alpha value is -2.02. The van der Waals surface area contributed by atoms with E-state index >= 15 is 0 Å². The molecule has 2 heterocycles. The number of carboxylic acid groups (broad SMARTS) is 1. The van der Waals surface area contributed by atoms with Crippen LogP contribution in [0.5, 0.6) is 0 Å². The Morgan fingerprint density at radius 1 is 1.29 bits per heavy atom. The fourth-order valence-electron chi connectivity index (χ4n) is 2.68. The molecule has 6 nitrogen and oxygen atoms in total. The number of hydrogen-bond donors (Lipinski definition) is 2. The molecule has 1 aromatic carbocycles. The highest BCUT2D eigenvalue weighted by molar-refractivity contribution is 7.99. The van der Waals surface area contributed by atoms with Crippen LogP contribution in [0.25, 0.3) is 11.0 Å². The monoisotopic (exact) mass is 306 g/mol. The number of nitrogens with zero attached hydrogens (tertiary/aromatic N) is 1. The van der Waals surface area contributed by atoms with Crippen LogP contribution in [0.1, 0.15) is 29.2 Å². The van der Waals surface area contributed by atoms with Gasteiger partial charge < -0.3 is 10.1 Å². The molecule has 1 aliphatic rings. The molecule has 1 aromatic heterocycles. The van der Waals surface area contributed by atoms with Crippen LogP contribution in [0.4, 0.5) is 0 Å². The highest BCUT2D eigenvalue weighted by Crippen LogP contribution is 2.27. The largest absolute Gasteiger partial charge is 0.478 e. The molecule has 0 amide bonds. The molecule has 21 heavy (non-hydrogen) atoms. The molecule has 0 atom stereocenters. The number of fused-ring (bicyclic) bond motifs is 1. The summed E-state index contributed by atoms with van der Waals surface area (Å²) in [5.41, 5.74) is -0.215. The lowest BCUT2D eigenvalue weighted by atomic mass is 10.1. The predicted octanol–water partition coefficient (Wildman–Crippen LogP) is 1.46. The van der Waals surface area contributed by atoms with Crippen LogP contribution in [0.2, 0.25) is 0 Å². The van der Waals surface area contributed by atoms with Crippen LogP contribution in [0, 0.1) is 0 Å². The quantitative estimate of drug-likeness (QED) is 0.819. The first-order chi connectivity index (χ1) is 10.1. The summed E-state index contributed by atoms with van der Waals surface area (Å²) in [5, 5.41) is 9.02. The van der Waals surface area contributed by atoms with Gasteiger partial charge in [-0.15, -0.1) is 0 Å². The average Bonchev–Trinajstić information content (AvgIpc) is 2.49. The highest BCUT2D eigenvalue weighted by atomic mass is 32.2. The highest BCUT2D eigenvalue weighted by Gasteiger charge is 2.20. The summed E-state index contributed by atoms with van der Waals surface area (Å²) in [5.74, 6) is 0.849. The maximum atomic E-state index is 12.2. The van der Waals surface area contributed by atoms with Gasteiger partial charge in [-0.25, -0.2) is 4.79 Å². The van der Waals surface area contributed by atoms with E-state index in [4.69, 9.17) is 5.11 Å². The molecular formula is C14H14N2O4S. The SMILES string of the molecule is O=C(O)c1ccc2c(c1)[nH]c(=O)c(=O)n2C1CCSCC1. The lowest BCUT2D eigenvalue weighted by Gasteiger charge is -2.24. The molecule has 1 saturated heterocycles. The first-order valence-corrected chi connectivity index (χ1v) is 7.83. The summed E-state index contributed by atoms with van der Waals surface area (Å²) in [6, 6.07) is 4.44. The standard InChI is InChI=1S/C14H14N2O4S/c17-12-13(18)16(9-3-5-21-6-4-9)11-2-1-8(14(19)20)7-10(11)15-12/h1-2,7,9H,3-6H2,(H,15,17)(H,19,20). The number of aromatic amines is 1. The third-order valence-electron chi connectivity index (χ3n) is 3.72. The van der Waals surface area contributed by atoms with Crippen molar-refractivity contribution in [2.24, 2.45) is 0 Å². The van der Waals surface area contributed by atoms with Crippen LogP contribution in [-0.4, -0.2) is 32.1 Å². The van der Waals surface area contributed by atoms with Gasteiger partial charge >= 0.3 is 17.1 Å². The molecule has 0 bridgehead atoms. The van der Waals surface area contributed by atoms with Gasteiger partial charge in [0.2, 0.25) is 0 Å². The second-order valence-corrected chi connectivity index (χ2v) is 6.23. The van der Waals surface area contributed by atoms with Gasteiger partial charge in [-0.05, 0) is 42.5 Å². The van der Waals surface area contributed by atoms with Crippen molar-refractivity contribution >= 4 is 28.8 Å². The fourth-order valence-corrected chi connectivity index (χ4v) is 3.76. The maximum Gasteiger partial charge on any atom is 0.335 e. The van der Waals surface area contributed by atoms with E-state index in [1.807, 2.05) is 11.8 Å². The van der Waals surface area contributed by atoms with Crippen LogP contribution < -0.4 is 11.1 Å². The molecule has 3 rings (SSSR count). The molecule has 0 unspecified atom stereocenters. The predicted molar refractivity (Wildman–Crippen MR) is 81.4 cm³/mol. The zero-order valence-electron chi connectivity index (χ0n) is 11.2. The van der Waals surface area contributed by atoms with Crippen molar-refractivity contribution in [3.8, 4) is 0 Å². The Labute approximate surface area is 123 Å². The van der Waals surface area contributed by atoms with Crippen molar-refractivity contribution in [2.75, 3.05) is 11.5 Å². The number of H-pyrrole nitrogens is 1. The normalized spacial score (nSPS) is 16.2. The molecule has 0 aliphatic carbocycles. The van der Waals surface area contributed by atoms with Gasteiger partial charge in [0.05, 0.1) is 16.6 Å². The first kappa shape index (κ1) is 13.9. The zero-order chi connectivity index (χ0) is 15.0. The topological polar surface area (TPSA) is 92.2 Å². The van der Waals surface area contributed by atoms with Crippen molar-refractivity contribution in [1.29, 1.82) is 0 Å². The van der Waals surface area contributed by atoms with Crippen molar-refractivity contribution in [3.05, 3.63) is 44.5 Å². The van der Waals surface area contributed by atoms with E-state index in [0.29, 0.717) is 11.0 Å². The lowest BCUT2D eigenvalue weighted by Crippen LogP contribution is -2.39. The van der Waals surface area contributed by atoms with Crippen molar-refractivity contribution in [3.63, 3.8) is 0 Å². The minimum Gasteiger partial charge on any atom is -0.478 e. The number of carbonyl (C=O) groups is 1. The molecule has 110 valence electrons. The second-order valence-electron chi connectivity index (χ2n) is 5.01. The molecule has 2 N–H and O–H groups in total. The lowest BCUT2D eigenvalue weighted by molar-refractivity contribution is 0.0697.